The first-order chi connectivity index (χ1) is 10.9. The van der Waals surface area contributed by atoms with Crippen molar-refractivity contribution in [1.82, 2.24) is 0 Å². The molecule has 0 fully saturated rings. The Balaban J connectivity index is 0.000000243. The van der Waals surface area contributed by atoms with Gasteiger partial charge in [-0.3, -0.25) is 0 Å². The molecule has 0 bridgehead atoms. The monoisotopic (exact) mass is 322 g/mol. The molecule has 3 aromatic rings. The van der Waals surface area contributed by atoms with Crippen LogP contribution in [0.25, 0.3) is 21.5 Å². The molecule has 3 aromatic carbocycles. The van der Waals surface area contributed by atoms with E-state index in [9.17, 15) is 0 Å². The lowest BCUT2D eigenvalue weighted by Gasteiger charge is -2.05. The fraction of sp³-hybridized carbons (Fsp3) is 0.417. The van der Waals surface area contributed by atoms with Crippen molar-refractivity contribution >= 4 is 21.5 Å². The number of benzene rings is 3. The van der Waals surface area contributed by atoms with Crippen LogP contribution in [0.1, 0.15) is 55.4 Å². The van der Waals surface area contributed by atoms with Gasteiger partial charge in [0.1, 0.15) is 0 Å². The highest BCUT2D eigenvalue weighted by Gasteiger charge is 1.96. The van der Waals surface area contributed by atoms with Crippen LogP contribution in [0.15, 0.2) is 60.7 Å². The van der Waals surface area contributed by atoms with Crippen molar-refractivity contribution in [2.75, 3.05) is 0 Å². The zero-order valence-electron chi connectivity index (χ0n) is 16.8. The second kappa shape index (κ2) is 8.33. The van der Waals surface area contributed by atoms with Gasteiger partial charge >= 0.3 is 0 Å². The zero-order chi connectivity index (χ0) is 18.4. The van der Waals surface area contributed by atoms with Gasteiger partial charge in [0, 0.05) is 0 Å². The molecule has 0 nitrogen and oxygen atoms in total. The summed E-state index contributed by atoms with van der Waals surface area (Å²) < 4.78 is 0. The van der Waals surface area contributed by atoms with Gasteiger partial charge in [0.05, 0.1) is 0 Å². The standard InChI is InChI=1S/C14H10.2C5H12/c1-2-6-12-10-14-8-4-3-7-13(14)9-11(12)5-1;2*1-5(2,3)4/h1-10H;2*1-4H3. The Labute approximate surface area is 148 Å². The summed E-state index contributed by atoms with van der Waals surface area (Å²) in [5.41, 5.74) is 1.00. The van der Waals surface area contributed by atoms with Crippen LogP contribution in [0.4, 0.5) is 0 Å². The minimum atomic E-state index is 0.500. The van der Waals surface area contributed by atoms with Crippen LogP contribution in [0.3, 0.4) is 0 Å². The molecule has 0 heterocycles. The van der Waals surface area contributed by atoms with E-state index >= 15 is 0 Å². The maximum Gasteiger partial charge on any atom is -0.0178 e. The second-order valence-electron chi connectivity index (χ2n) is 9.55. The van der Waals surface area contributed by atoms with Crippen LogP contribution in [0.5, 0.6) is 0 Å². The second-order valence-corrected chi connectivity index (χ2v) is 9.55. The summed E-state index contributed by atoms with van der Waals surface area (Å²) in [5, 5.41) is 5.25. The third-order valence-corrected chi connectivity index (χ3v) is 2.61. The Morgan fingerprint density at radius 3 is 0.750 bits per heavy atom. The molecule has 0 atom stereocenters. The van der Waals surface area contributed by atoms with Crippen molar-refractivity contribution in [2.24, 2.45) is 10.8 Å². The molecule has 0 aliphatic carbocycles. The average Bonchev–Trinajstić information content (AvgIpc) is 2.41. The van der Waals surface area contributed by atoms with Gasteiger partial charge in [-0.15, -0.1) is 0 Å². The summed E-state index contributed by atoms with van der Waals surface area (Å²) in [6, 6.07) is 21.4. The van der Waals surface area contributed by atoms with Gasteiger partial charge in [-0.2, -0.15) is 0 Å². The molecule has 0 aromatic heterocycles. The highest BCUT2D eigenvalue weighted by atomic mass is 14.0. The maximum absolute atomic E-state index is 2.24. The Hall–Kier alpha value is -1.82. The molecule has 24 heavy (non-hydrogen) atoms. The third kappa shape index (κ3) is 9.35. The van der Waals surface area contributed by atoms with Crippen molar-refractivity contribution in [3.05, 3.63) is 60.7 Å². The number of hydrogen-bond donors (Lipinski definition) is 0. The van der Waals surface area contributed by atoms with E-state index < -0.39 is 0 Å². The minimum Gasteiger partial charge on any atom is -0.0616 e. The molecule has 0 aliphatic heterocycles. The van der Waals surface area contributed by atoms with Gasteiger partial charge in [0.2, 0.25) is 0 Å². The average molecular weight is 323 g/mol. The normalized spacial score (nSPS) is 11.3. The van der Waals surface area contributed by atoms with Gasteiger partial charge in [-0.1, -0.05) is 104 Å². The Kier molecular flexibility index (Phi) is 7.02. The van der Waals surface area contributed by atoms with Crippen LogP contribution in [0, 0.1) is 10.8 Å². The Morgan fingerprint density at radius 1 is 0.417 bits per heavy atom. The van der Waals surface area contributed by atoms with Gasteiger partial charge in [0.15, 0.2) is 0 Å². The SMILES string of the molecule is CC(C)(C)C.CC(C)(C)C.c1ccc2cc3ccccc3cc2c1. The lowest BCUT2D eigenvalue weighted by molar-refractivity contribution is 0.469. The van der Waals surface area contributed by atoms with Crippen molar-refractivity contribution in [2.45, 2.75) is 55.4 Å². The summed E-state index contributed by atoms with van der Waals surface area (Å²) in [6.45, 7) is 17.5. The van der Waals surface area contributed by atoms with Crippen LogP contribution >= 0.6 is 0 Å². The Bertz CT molecular complexity index is 623. The van der Waals surface area contributed by atoms with E-state index in [1.807, 2.05) is 0 Å². The van der Waals surface area contributed by atoms with E-state index in [0.29, 0.717) is 10.8 Å². The molecule has 0 amide bonds. The van der Waals surface area contributed by atoms with Crippen LogP contribution in [-0.2, 0) is 0 Å². The molecule has 0 radical (unpaired) electrons. The lowest BCUT2D eigenvalue weighted by atomic mass is 10.0. The molecule has 0 saturated carbocycles. The highest BCUT2D eigenvalue weighted by molar-refractivity contribution is 5.98. The molecule has 3 rings (SSSR count). The van der Waals surface area contributed by atoms with Crippen molar-refractivity contribution < 1.29 is 0 Å². The predicted molar refractivity (Wildman–Crippen MR) is 112 cm³/mol. The summed E-state index contributed by atoms with van der Waals surface area (Å²) in [7, 11) is 0. The molecule has 0 spiro atoms. The molecule has 0 unspecified atom stereocenters. The van der Waals surface area contributed by atoms with Crippen LogP contribution in [-0.4, -0.2) is 0 Å². The fourth-order valence-corrected chi connectivity index (χ4v) is 1.88. The van der Waals surface area contributed by atoms with Gasteiger partial charge < -0.3 is 0 Å². The molecule has 0 N–H and O–H groups in total. The van der Waals surface area contributed by atoms with E-state index in [0.717, 1.165) is 0 Å². The molecule has 0 saturated heterocycles. The van der Waals surface area contributed by atoms with Gasteiger partial charge in [-0.05, 0) is 44.5 Å². The summed E-state index contributed by atoms with van der Waals surface area (Å²) in [4.78, 5) is 0. The zero-order valence-corrected chi connectivity index (χ0v) is 16.8. The number of hydrogen-bond acceptors (Lipinski definition) is 0. The van der Waals surface area contributed by atoms with Gasteiger partial charge in [-0.25, -0.2) is 0 Å². The van der Waals surface area contributed by atoms with Crippen molar-refractivity contribution in [1.29, 1.82) is 0 Å². The lowest BCUT2D eigenvalue weighted by Crippen LogP contribution is -1.93. The topological polar surface area (TPSA) is 0 Å². The minimum absolute atomic E-state index is 0.500. The Morgan fingerprint density at radius 2 is 0.583 bits per heavy atom. The molecule has 0 aliphatic rings. The molecular formula is C24H34. The smallest absolute Gasteiger partial charge is 0.0178 e. The van der Waals surface area contributed by atoms with Crippen molar-refractivity contribution in [3.63, 3.8) is 0 Å². The summed E-state index contributed by atoms with van der Waals surface area (Å²) in [5.74, 6) is 0. The largest absolute Gasteiger partial charge is 0.0616 e. The van der Waals surface area contributed by atoms with Crippen LogP contribution < -0.4 is 0 Å². The van der Waals surface area contributed by atoms with E-state index in [4.69, 9.17) is 0 Å². The third-order valence-electron chi connectivity index (χ3n) is 2.61. The number of fused-ring (bicyclic) bond motifs is 2. The highest BCUT2D eigenvalue weighted by Crippen LogP contribution is 2.22. The maximum atomic E-state index is 2.24. The fourth-order valence-electron chi connectivity index (χ4n) is 1.88. The first-order valence-corrected chi connectivity index (χ1v) is 8.81. The summed E-state index contributed by atoms with van der Waals surface area (Å²) in [6.07, 6.45) is 0. The van der Waals surface area contributed by atoms with E-state index in [2.05, 4.69) is 116 Å². The van der Waals surface area contributed by atoms with E-state index in [-0.39, 0.29) is 0 Å². The van der Waals surface area contributed by atoms with Gasteiger partial charge in [0.25, 0.3) is 0 Å². The van der Waals surface area contributed by atoms with E-state index in [1.165, 1.54) is 21.5 Å². The molecule has 0 heteroatoms. The first-order valence-electron chi connectivity index (χ1n) is 8.81. The quantitative estimate of drug-likeness (QED) is 0.367. The van der Waals surface area contributed by atoms with Crippen LogP contribution in [0.2, 0.25) is 0 Å². The first kappa shape index (κ1) is 20.2. The molecular weight excluding hydrogens is 288 g/mol. The van der Waals surface area contributed by atoms with E-state index in [1.54, 1.807) is 0 Å². The predicted octanol–water partition coefficient (Wildman–Crippen LogP) is 8.10. The summed E-state index contributed by atoms with van der Waals surface area (Å²) >= 11 is 0. The number of rotatable bonds is 0. The molecule has 130 valence electrons. The van der Waals surface area contributed by atoms with Crippen molar-refractivity contribution in [3.8, 4) is 0 Å².